The maximum absolute atomic E-state index is 8.99. The predicted octanol–water partition coefficient (Wildman–Crippen LogP) is 5.21. The minimum Gasteiger partial charge on any atom is -0.487 e. The normalized spacial score (nSPS) is 10.0. The Morgan fingerprint density at radius 1 is 1.16 bits per heavy atom. The Hall–Kier alpha value is -1.21. The second kappa shape index (κ2) is 6.29. The molecule has 0 saturated carbocycles. The van der Waals surface area contributed by atoms with Crippen LogP contribution in [0.2, 0.25) is 10.0 Å². The quantitative estimate of drug-likeness (QED) is 0.707. The minimum absolute atomic E-state index is 0.265. The van der Waals surface area contributed by atoms with Gasteiger partial charge < -0.3 is 4.74 Å². The first-order valence-electron chi connectivity index (χ1n) is 5.37. The number of hydrogen-bond acceptors (Lipinski definition) is 2. The zero-order valence-electron chi connectivity index (χ0n) is 9.66. The summed E-state index contributed by atoms with van der Waals surface area (Å²) in [5, 5.41) is 9.98. The molecule has 0 aliphatic rings. The monoisotopic (exact) mass is 355 g/mol. The van der Waals surface area contributed by atoms with Crippen molar-refractivity contribution in [1.82, 2.24) is 0 Å². The minimum atomic E-state index is 0.265. The topological polar surface area (TPSA) is 33.0 Å². The molecule has 0 fully saturated rings. The SMILES string of the molecule is N#Cc1ccccc1COc1cc(Cl)c(Br)cc1Cl. The smallest absolute Gasteiger partial charge is 0.139 e. The first-order chi connectivity index (χ1) is 9.11. The molecule has 0 aliphatic heterocycles. The number of nitriles is 1. The maximum Gasteiger partial charge on any atom is 0.139 e. The van der Waals surface area contributed by atoms with Crippen molar-refractivity contribution >= 4 is 39.1 Å². The lowest BCUT2D eigenvalue weighted by Gasteiger charge is -2.10. The largest absolute Gasteiger partial charge is 0.487 e. The van der Waals surface area contributed by atoms with Gasteiger partial charge in [-0.1, -0.05) is 41.4 Å². The van der Waals surface area contributed by atoms with Crippen LogP contribution in [0, 0.1) is 11.3 Å². The van der Waals surface area contributed by atoms with Crippen LogP contribution in [0.1, 0.15) is 11.1 Å². The highest BCUT2D eigenvalue weighted by atomic mass is 79.9. The standard InChI is InChI=1S/C14H8BrCl2NO/c15-11-5-13(17)14(6-12(11)16)19-8-10-4-2-1-3-9(10)7-18/h1-6H,8H2. The van der Waals surface area contributed by atoms with Crippen LogP contribution in [0.5, 0.6) is 5.75 Å². The number of halogens is 3. The molecule has 0 bridgehead atoms. The van der Waals surface area contributed by atoms with E-state index in [1.807, 2.05) is 18.2 Å². The Balaban J connectivity index is 2.20. The van der Waals surface area contributed by atoms with E-state index in [1.54, 1.807) is 18.2 Å². The lowest BCUT2D eigenvalue weighted by Crippen LogP contribution is -1.98. The average Bonchev–Trinajstić information content (AvgIpc) is 2.41. The van der Waals surface area contributed by atoms with Gasteiger partial charge in [0.2, 0.25) is 0 Å². The summed E-state index contributed by atoms with van der Waals surface area (Å²) in [5.41, 5.74) is 1.39. The van der Waals surface area contributed by atoms with Gasteiger partial charge in [0.05, 0.1) is 21.7 Å². The van der Waals surface area contributed by atoms with Crippen molar-refractivity contribution < 1.29 is 4.74 Å². The molecule has 0 saturated heterocycles. The van der Waals surface area contributed by atoms with Crippen molar-refractivity contribution in [1.29, 1.82) is 5.26 Å². The maximum atomic E-state index is 8.99. The Labute approximate surface area is 129 Å². The van der Waals surface area contributed by atoms with E-state index in [0.717, 1.165) is 5.56 Å². The second-order valence-corrected chi connectivity index (χ2v) is 5.42. The highest BCUT2D eigenvalue weighted by Crippen LogP contribution is 2.34. The van der Waals surface area contributed by atoms with E-state index >= 15 is 0 Å². The molecule has 0 heterocycles. The average molecular weight is 357 g/mol. The van der Waals surface area contributed by atoms with Crippen LogP contribution in [0.4, 0.5) is 0 Å². The van der Waals surface area contributed by atoms with E-state index < -0.39 is 0 Å². The van der Waals surface area contributed by atoms with Crippen molar-refractivity contribution in [2.24, 2.45) is 0 Å². The summed E-state index contributed by atoms with van der Waals surface area (Å²) >= 11 is 15.3. The lowest BCUT2D eigenvalue weighted by atomic mass is 10.1. The van der Waals surface area contributed by atoms with Crippen molar-refractivity contribution in [2.75, 3.05) is 0 Å². The zero-order chi connectivity index (χ0) is 13.8. The van der Waals surface area contributed by atoms with Gasteiger partial charge in [-0.3, -0.25) is 0 Å². The van der Waals surface area contributed by atoms with Gasteiger partial charge in [0.25, 0.3) is 0 Å². The summed E-state index contributed by atoms with van der Waals surface area (Å²) in [6, 6.07) is 12.7. The molecule has 0 aromatic heterocycles. The van der Waals surface area contributed by atoms with Crippen molar-refractivity contribution in [3.8, 4) is 11.8 Å². The molecule has 2 aromatic carbocycles. The van der Waals surface area contributed by atoms with E-state index in [4.69, 9.17) is 33.2 Å². The molecule has 0 N–H and O–H groups in total. The third-order valence-electron chi connectivity index (χ3n) is 2.50. The number of nitrogens with zero attached hydrogens (tertiary/aromatic N) is 1. The van der Waals surface area contributed by atoms with Crippen LogP contribution in [0.15, 0.2) is 40.9 Å². The molecule has 19 heavy (non-hydrogen) atoms. The van der Waals surface area contributed by atoms with Gasteiger partial charge >= 0.3 is 0 Å². The summed E-state index contributed by atoms with van der Waals surface area (Å²) in [7, 11) is 0. The molecule has 0 atom stereocenters. The van der Waals surface area contributed by atoms with Gasteiger partial charge in [0.15, 0.2) is 0 Å². The van der Waals surface area contributed by atoms with Crippen LogP contribution in [-0.2, 0) is 6.61 Å². The molecular weight excluding hydrogens is 349 g/mol. The fourth-order valence-corrected chi connectivity index (χ4v) is 2.37. The van der Waals surface area contributed by atoms with Gasteiger partial charge in [-0.2, -0.15) is 5.26 Å². The van der Waals surface area contributed by atoms with Gasteiger partial charge in [-0.25, -0.2) is 0 Å². The van der Waals surface area contributed by atoms with Crippen LogP contribution < -0.4 is 4.74 Å². The highest BCUT2D eigenvalue weighted by Gasteiger charge is 2.08. The number of hydrogen-bond donors (Lipinski definition) is 0. The van der Waals surface area contributed by atoms with E-state index in [9.17, 15) is 0 Å². The molecule has 5 heteroatoms. The fourth-order valence-electron chi connectivity index (χ4n) is 1.53. The Morgan fingerprint density at radius 3 is 2.63 bits per heavy atom. The molecule has 0 amide bonds. The lowest BCUT2D eigenvalue weighted by molar-refractivity contribution is 0.306. The van der Waals surface area contributed by atoms with Crippen LogP contribution in [-0.4, -0.2) is 0 Å². The van der Waals surface area contributed by atoms with E-state index in [1.165, 1.54) is 0 Å². The van der Waals surface area contributed by atoms with Gasteiger partial charge in [0, 0.05) is 16.1 Å². The van der Waals surface area contributed by atoms with E-state index in [2.05, 4.69) is 22.0 Å². The Bertz CT molecular complexity index is 652. The third-order valence-corrected chi connectivity index (χ3v) is 3.99. The molecule has 0 unspecified atom stereocenters. The number of ether oxygens (including phenoxy) is 1. The van der Waals surface area contributed by atoms with Gasteiger partial charge in [-0.05, 0) is 28.1 Å². The summed E-state index contributed by atoms with van der Waals surface area (Å²) in [4.78, 5) is 0. The van der Waals surface area contributed by atoms with Crippen LogP contribution >= 0.6 is 39.1 Å². The number of benzene rings is 2. The molecule has 2 aromatic rings. The van der Waals surface area contributed by atoms with Crippen LogP contribution in [0.3, 0.4) is 0 Å². The molecule has 2 nitrogen and oxygen atoms in total. The third kappa shape index (κ3) is 3.42. The van der Waals surface area contributed by atoms with E-state index in [-0.39, 0.29) is 6.61 Å². The fraction of sp³-hybridized carbons (Fsp3) is 0.0714. The van der Waals surface area contributed by atoms with Crippen molar-refractivity contribution in [2.45, 2.75) is 6.61 Å². The van der Waals surface area contributed by atoms with Crippen LogP contribution in [0.25, 0.3) is 0 Å². The molecule has 96 valence electrons. The number of rotatable bonds is 3. The summed E-state index contributed by atoms with van der Waals surface area (Å²) in [5.74, 6) is 0.489. The highest BCUT2D eigenvalue weighted by molar-refractivity contribution is 9.10. The van der Waals surface area contributed by atoms with Crippen molar-refractivity contribution in [3.63, 3.8) is 0 Å². The Kier molecular flexibility index (Phi) is 4.71. The summed E-state index contributed by atoms with van der Waals surface area (Å²) in [6.45, 7) is 0.265. The van der Waals surface area contributed by atoms with E-state index in [0.29, 0.717) is 25.8 Å². The molecular formula is C14H8BrCl2NO. The van der Waals surface area contributed by atoms with Gasteiger partial charge in [-0.15, -0.1) is 0 Å². The molecule has 0 radical (unpaired) electrons. The van der Waals surface area contributed by atoms with Crippen molar-refractivity contribution in [3.05, 3.63) is 62.0 Å². The zero-order valence-corrected chi connectivity index (χ0v) is 12.8. The first-order valence-corrected chi connectivity index (χ1v) is 6.92. The molecule has 0 spiro atoms. The predicted molar refractivity (Wildman–Crippen MR) is 79.7 cm³/mol. The second-order valence-electron chi connectivity index (χ2n) is 3.75. The summed E-state index contributed by atoms with van der Waals surface area (Å²) < 4.78 is 6.32. The summed E-state index contributed by atoms with van der Waals surface area (Å²) in [6.07, 6.45) is 0. The molecule has 0 aliphatic carbocycles. The molecule has 2 rings (SSSR count). The van der Waals surface area contributed by atoms with Gasteiger partial charge in [0.1, 0.15) is 12.4 Å². The Morgan fingerprint density at radius 2 is 1.89 bits per heavy atom. The first kappa shape index (κ1) is 14.2.